The molecule has 1 N–H and O–H groups in total. The zero-order valence-corrected chi connectivity index (χ0v) is 8.33. The Kier molecular flexibility index (Phi) is 4.22. The van der Waals surface area contributed by atoms with E-state index in [2.05, 4.69) is 0 Å². The van der Waals surface area contributed by atoms with Gasteiger partial charge < -0.3 is 10.0 Å². The van der Waals surface area contributed by atoms with Gasteiger partial charge in [0.25, 0.3) is 0 Å². The molecule has 1 saturated carbocycles. The Labute approximate surface area is 79.7 Å². The topological polar surface area (TPSA) is 40.5 Å². The second-order valence-corrected chi connectivity index (χ2v) is 3.77. The zero-order chi connectivity index (χ0) is 9.68. The lowest BCUT2D eigenvalue weighted by molar-refractivity contribution is -0.133. The highest BCUT2D eigenvalue weighted by atomic mass is 16.3. The molecule has 0 spiro atoms. The predicted octanol–water partition coefficient (Wildman–Crippen LogP) is 1.16. The second-order valence-electron chi connectivity index (χ2n) is 3.77. The lowest BCUT2D eigenvalue weighted by Crippen LogP contribution is -2.38. The molecule has 13 heavy (non-hydrogen) atoms. The number of hydrogen-bond acceptors (Lipinski definition) is 2. The van der Waals surface area contributed by atoms with E-state index in [0.717, 1.165) is 12.8 Å². The van der Waals surface area contributed by atoms with Gasteiger partial charge in [0, 0.05) is 19.5 Å². The number of amides is 1. The highest BCUT2D eigenvalue weighted by Gasteiger charge is 2.21. The zero-order valence-electron chi connectivity index (χ0n) is 8.33. The Morgan fingerprint density at radius 3 is 2.54 bits per heavy atom. The lowest BCUT2D eigenvalue weighted by Gasteiger charge is -2.31. The van der Waals surface area contributed by atoms with Crippen molar-refractivity contribution in [3.05, 3.63) is 0 Å². The van der Waals surface area contributed by atoms with Crippen LogP contribution in [0.3, 0.4) is 0 Å². The Balaban J connectivity index is 2.35. The molecule has 0 bridgehead atoms. The van der Waals surface area contributed by atoms with Gasteiger partial charge in [-0.05, 0) is 12.8 Å². The summed E-state index contributed by atoms with van der Waals surface area (Å²) in [4.78, 5) is 13.2. The highest BCUT2D eigenvalue weighted by molar-refractivity contribution is 5.76. The van der Waals surface area contributed by atoms with Crippen LogP contribution in [0.2, 0.25) is 0 Å². The second kappa shape index (κ2) is 5.22. The van der Waals surface area contributed by atoms with Crippen LogP contribution in [0.4, 0.5) is 0 Å². The average Bonchev–Trinajstić information content (AvgIpc) is 2.18. The summed E-state index contributed by atoms with van der Waals surface area (Å²) in [5.74, 6) is 0.0781. The van der Waals surface area contributed by atoms with E-state index in [1.807, 2.05) is 11.9 Å². The van der Waals surface area contributed by atoms with E-state index in [0.29, 0.717) is 6.04 Å². The third-order valence-electron chi connectivity index (χ3n) is 2.84. The van der Waals surface area contributed by atoms with Crippen LogP contribution in [-0.4, -0.2) is 35.6 Å². The van der Waals surface area contributed by atoms with Crippen LogP contribution in [0.15, 0.2) is 0 Å². The number of hydrogen-bond donors (Lipinski definition) is 1. The minimum atomic E-state index is -0.0319. The molecule has 1 aliphatic carbocycles. The minimum Gasteiger partial charge on any atom is -0.396 e. The van der Waals surface area contributed by atoms with Crippen molar-refractivity contribution in [3.63, 3.8) is 0 Å². The van der Waals surface area contributed by atoms with Gasteiger partial charge in [-0.1, -0.05) is 19.3 Å². The number of aliphatic hydroxyl groups excluding tert-OH is 1. The molecule has 0 radical (unpaired) electrons. The summed E-state index contributed by atoms with van der Waals surface area (Å²) in [6, 6.07) is 0.424. The van der Waals surface area contributed by atoms with E-state index in [1.54, 1.807) is 0 Å². The molecule has 76 valence electrons. The first kappa shape index (κ1) is 10.5. The smallest absolute Gasteiger partial charge is 0.224 e. The normalized spacial score (nSPS) is 18.6. The van der Waals surface area contributed by atoms with Crippen molar-refractivity contribution in [2.24, 2.45) is 0 Å². The summed E-state index contributed by atoms with van der Waals surface area (Å²) < 4.78 is 0. The standard InChI is InChI=1S/C10H19NO2/c1-11(10(13)7-8-12)9-5-3-2-4-6-9/h9,12H,2-8H2,1H3. The molecule has 1 aliphatic rings. The molecular weight excluding hydrogens is 166 g/mol. The minimum absolute atomic E-state index is 0.0319. The molecule has 0 atom stereocenters. The first-order valence-corrected chi connectivity index (χ1v) is 5.12. The van der Waals surface area contributed by atoms with Gasteiger partial charge in [-0.2, -0.15) is 0 Å². The molecule has 0 heterocycles. The van der Waals surface area contributed by atoms with Crippen LogP contribution in [0.25, 0.3) is 0 Å². The Hall–Kier alpha value is -0.570. The molecule has 3 nitrogen and oxygen atoms in total. The lowest BCUT2D eigenvalue weighted by atomic mass is 9.94. The van der Waals surface area contributed by atoms with Crippen LogP contribution in [0.5, 0.6) is 0 Å². The van der Waals surface area contributed by atoms with Crippen LogP contribution in [0, 0.1) is 0 Å². The third kappa shape index (κ3) is 2.99. The summed E-state index contributed by atoms with van der Waals surface area (Å²) in [6.45, 7) is -0.0319. The van der Waals surface area contributed by atoms with Crippen LogP contribution in [0.1, 0.15) is 38.5 Å². The van der Waals surface area contributed by atoms with Crippen LogP contribution < -0.4 is 0 Å². The van der Waals surface area contributed by atoms with E-state index in [4.69, 9.17) is 5.11 Å². The molecule has 0 aliphatic heterocycles. The first-order valence-electron chi connectivity index (χ1n) is 5.12. The van der Waals surface area contributed by atoms with Gasteiger partial charge in [0.1, 0.15) is 0 Å². The monoisotopic (exact) mass is 185 g/mol. The number of carbonyl (C=O) groups excluding carboxylic acids is 1. The molecule has 0 aromatic heterocycles. The van der Waals surface area contributed by atoms with Crippen LogP contribution >= 0.6 is 0 Å². The molecule has 0 unspecified atom stereocenters. The van der Waals surface area contributed by atoms with Gasteiger partial charge in [-0.15, -0.1) is 0 Å². The van der Waals surface area contributed by atoms with E-state index >= 15 is 0 Å². The van der Waals surface area contributed by atoms with Crippen molar-refractivity contribution in [1.29, 1.82) is 0 Å². The molecule has 0 saturated heterocycles. The predicted molar refractivity (Wildman–Crippen MR) is 51.3 cm³/mol. The van der Waals surface area contributed by atoms with Gasteiger partial charge >= 0.3 is 0 Å². The van der Waals surface area contributed by atoms with Crippen molar-refractivity contribution in [1.82, 2.24) is 4.90 Å². The summed E-state index contributed by atoms with van der Waals surface area (Å²) in [5, 5.41) is 8.64. The molecule has 1 amide bonds. The van der Waals surface area contributed by atoms with E-state index in [1.165, 1.54) is 19.3 Å². The SMILES string of the molecule is CN(C(=O)CCO)C1CCCCC1. The van der Waals surface area contributed by atoms with Crippen molar-refractivity contribution in [2.75, 3.05) is 13.7 Å². The Bertz CT molecular complexity index is 164. The fourth-order valence-corrected chi connectivity index (χ4v) is 1.94. The summed E-state index contributed by atoms with van der Waals surface area (Å²) >= 11 is 0. The maximum atomic E-state index is 11.4. The first-order chi connectivity index (χ1) is 6.25. The fourth-order valence-electron chi connectivity index (χ4n) is 1.94. The Morgan fingerprint density at radius 1 is 1.38 bits per heavy atom. The van der Waals surface area contributed by atoms with Crippen molar-refractivity contribution in [3.8, 4) is 0 Å². The maximum Gasteiger partial charge on any atom is 0.224 e. The quantitative estimate of drug-likeness (QED) is 0.716. The summed E-state index contributed by atoms with van der Waals surface area (Å²) in [5.41, 5.74) is 0. The van der Waals surface area contributed by atoms with Crippen LogP contribution in [-0.2, 0) is 4.79 Å². The van der Waals surface area contributed by atoms with Gasteiger partial charge in [-0.25, -0.2) is 0 Å². The largest absolute Gasteiger partial charge is 0.396 e. The van der Waals surface area contributed by atoms with Gasteiger partial charge in [0.15, 0.2) is 0 Å². The number of carbonyl (C=O) groups is 1. The average molecular weight is 185 g/mol. The molecule has 3 heteroatoms. The van der Waals surface area contributed by atoms with Crippen molar-refractivity contribution < 1.29 is 9.90 Å². The Morgan fingerprint density at radius 2 is 2.00 bits per heavy atom. The number of nitrogens with zero attached hydrogens (tertiary/aromatic N) is 1. The van der Waals surface area contributed by atoms with E-state index in [-0.39, 0.29) is 18.9 Å². The molecule has 0 aromatic carbocycles. The van der Waals surface area contributed by atoms with Gasteiger partial charge in [0.2, 0.25) is 5.91 Å². The fraction of sp³-hybridized carbons (Fsp3) is 0.900. The van der Waals surface area contributed by atoms with Gasteiger partial charge in [-0.3, -0.25) is 4.79 Å². The highest BCUT2D eigenvalue weighted by Crippen LogP contribution is 2.21. The summed E-state index contributed by atoms with van der Waals surface area (Å²) in [6.07, 6.45) is 6.32. The van der Waals surface area contributed by atoms with E-state index in [9.17, 15) is 4.79 Å². The van der Waals surface area contributed by atoms with Crippen molar-refractivity contribution >= 4 is 5.91 Å². The summed E-state index contributed by atoms with van der Waals surface area (Å²) in [7, 11) is 1.86. The number of aliphatic hydroxyl groups is 1. The van der Waals surface area contributed by atoms with Crippen molar-refractivity contribution in [2.45, 2.75) is 44.6 Å². The molecule has 1 rings (SSSR count). The maximum absolute atomic E-state index is 11.4. The van der Waals surface area contributed by atoms with E-state index < -0.39 is 0 Å². The third-order valence-corrected chi connectivity index (χ3v) is 2.84. The molecule has 1 fully saturated rings. The number of rotatable bonds is 3. The molecule has 0 aromatic rings. The van der Waals surface area contributed by atoms with Gasteiger partial charge in [0.05, 0.1) is 6.61 Å². The molecular formula is C10H19NO2.